The minimum absolute atomic E-state index is 0.214. The number of H-pyrrole nitrogens is 1. The highest BCUT2D eigenvalue weighted by Crippen LogP contribution is 2.37. The molecule has 1 aliphatic heterocycles. The zero-order chi connectivity index (χ0) is 16.5. The number of fused-ring (bicyclic) bond motifs is 1. The molecule has 1 N–H and O–H groups in total. The highest BCUT2D eigenvalue weighted by Gasteiger charge is 2.19. The van der Waals surface area contributed by atoms with Crippen molar-refractivity contribution in [2.24, 2.45) is 0 Å². The van der Waals surface area contributed by atoms with Crippen LogP contribution in [0.1, 0.15) is 23.2 Å². The van der Waals surface area contributed by atoms with Crippen molar-refractivity contribution in [1.29, 1.82) is 0 Å². The molecule has 0 unspecified atom stereocenters. The lowest BCUT2D eigenvalue weighted by molar-refractivity contribution is 0.111. The van der Waals surface area contributed by atoms with E-state index in [1.54, 1.807) is 0 Å². The third kappa shape index (κ3) is 2.42. The fraction of sp³-hybridized carbons (Fsp3) is 0.167. The van der Waals surface area contributed by atoms with Crippen molar-refractivity contribution in [2.45, 2.75) is 13.3 Å². The lowest BCUT2D eigenvalue weighted by atomic mass is 10.1. The molecule has 0 aliphatic carbocycles. The minimum atomic E-state index is 0.214. The molecule has 0 spiro atoms. The highest BCUT2D eigenvalue weighted by atomic mass is 16.7. The van der Waals surface area contributed by atoms with E-state index in [0.29, 0.717) is 29.2 Å². The molecule has 0 radical (unpaired) electrons. The van der Waals surface area contributed by atoms with Gasteiger partial charge in [0.1, 0.15) is 0 Å². The van der Waals surface area contributed by atoms with Gasteiger partial charge in [-0.05, 0) is 36.8 Å². The molecule has 0 bridgehead atoms. The second-order valence-electron chi connectivity index (χ2n) is 5.40. The van der Waals surface area contributed by atoms with Crippen molar-refractivity contribution in [1.82, 2.24) is 15.0 Å². The van der Waals surface area contributed by atoms with Crippen LogP contribution in [0.5, 0.6) is 11.5 Å². The van der Waals surface area contributed by atoms with Gasteiger partial charge in [-0.2, -0.15) is 0 Å². The van der Waals surface area contributed by atoms with Gasteiger partial charge in [-0.3, -0.25) is 9.78 Å². The van der Waals surface area contributed by atoms with Gasteiger partial charge in [-0.1, -0.05) is 13.0 Å². The molecule has 3 heterocycles. The van der Waals surface area contributed by atoms with Crippen LogP contribution in [-0.2, 0) is 6.42 Å². The lowest BCUT2D eigenvalue weighted by Crippen LogP contribution is -1.93. The van der Waals surface area contributed by atoms with E-state index in [4.69, 9.17) is 9.47 Å². The largest absolute Gasteiger partial charge is 0.454 e. The molecule has 0 fully saturated rings. The van der Waals surface area contributed by atoms with Crippen molar-refractivity contribution in [3.05, 3.63) is 47.9 Å². The van der Waals surface area contributed by atoms with Crippen LogP contribution in [0.4, 0.5) is 0 Å². The Balaban J connectivity index is 1.86. The number of carbonyl (C=O) groups is 1. The number of aromatic nitrogens is 3. The molecule has 0 saturated carbocycles. The molecule has 1 aromatic carbocycles. The Morgan fingerprint density at radius 1 is 1.17 bits per heavy atom. The number of hydrogen-bond acceptors (Lipinski definition) is 5. The summed E-state index contributed by atoms with van der Waals surface area (Å²) in [6, 6.07) is 11.4. The molecule has 3 aromatic rings. The van der Waals surface area contributed by atoms with Gasteiger partial charge >= 0.3 is 0 Å². The van der Waals surface area contributed by atoms with Gasteiger partial charge in [0.25, 0.3) is 0 Å². The Kier molecular flexibility index (Phi) is 3.49. The Hall–Kier alpha value is -3.15. The number of rotatable bonds is 4. The van der Waals surface area contributed by atoms with Crippen LogP contribution < -0.4 is 9.47 Å². The SMILES string of the molecule is CCc1cccc(-c2[nH]c(C=O)nc2-c2ccc3c(c2)OCO3)n1. The first kappa shape index (κ1) is 14.4. The maximum Gasteiger partial charge on any atom is 0.231 e. The van der Waals surface area contributed by atoms with E-state index in [1.807, 2.05) is 36.4 Å². The lowest BCUT2D eigenvalue weighted by Gasteiger charge is -2.05. The normalized spacial score (nSPS) is 12.4. The van der Waals surface area contributed by atoms with E-state index in [-0.39, 0.29) is 12.6 Å². The number of pyridine rings is 1. The number of aromatic amines is 1. The third-order valence-corrected chi connectivity index (χ3v) is 3.90. The van der Waals surface area contributed by atoms with Crippen molar-refractivity contribution in [3.8, 4) is 34.1 Å². The average Bonchev–Trinajstić information content (AvgIpc) is 3.27. The Bertz CT molecular complexity index is 918. The smallest absolute Gasteiger partial charge is 0.231 e. The predicted molar refractivity (Wildman–Crippen MR) is 88.1 cm³/mol. The monoisotopic (exact) mass is 321 g/mol. The van der Waals surface area contributed by atoms with Crippen LogP contribution in [0.15, 0.2) is 36.4 Å². The van der Waals surface area contributed by atoms with Gasteiger partial charge < -0.3 is 14.5 Å². The minimum Gasteiger partial charge on any atom is -0.454 e. The molecule has 120 valence electrons. The van der Waals surface area contributed by atoms with E-state index in [1.165, 1.54) is 0 Å². The summed E-state index contributed by atoms with van der Waals surface area (Å²) >= 11 is 0. The molecule has 0 atom stereocenters. The fourth-order valence-corrected chi connectivity index (χ4v) is 2.70. The van der Waals surface area contributed by atoms with Crippen molar-refractivity contribution in [2.75, 3.05) is 6.79 Å². The molecule has 24 heavy (non-hydrogen) atoms. The Morgan fingerprint density at radius 2 is 2.04 bits per heavy atom. The van der Waals surface area contributed by atoms with Crippen molar-refractivity contribution in [3.63, 3.8) is 0 Å². The summed E-state index contributed by atoms with van der Waals surface area (Å²) in [5.74, 6) is 1.64. The van der Waals surface area contributed by atoms with Crippen LogP contribution in [0.25, 0.3) is 22.6 Å². The van der Waals surface area contributed by atoms with E-state index in [2.05, 4.69) is 21.9 Å². The summed E-state index contributed by atoms with van der Waals surface area (Å²) in [5.41, 5.74) is 3.94. The van der Waals surface area contributed by atoms with Gasteiger partial charge in [0, 0.05) is 11.3 Å². The van der Waals surface area contributed by atoms with Crippen molar-refractivity contribution < 1.29 is 14.3 Å². The van der Waals surface area contributed by atoms with Gasteiger partial charge in [0.15, 0.2) is 23.6 Å². The number of ether oxygens (including phenoxy) is 2. The maximum absolute atomic E-state index is 11.2. The quantitative estimate of drug-likeness (QED) is 0.746. The van der Waals surface area contributed by atoms with E-state index >= 15 is 0 Å². The van der Waals surface area contributed by atoms with Crippen molar-refractivity contribution >= 4 is 6.29 Å². The molecule has 6 heteroatoms. The Labute approximate surface area is 138 Å². The van der Waals surface area contributed by atoms with E-state index < -0.39 is 0 Å². The summed E-state index contributed by atoms with van der Waals surface area (Å²) < 4.78 is 10.8. The second-order valence-corrected chi connectivity index (χ2v) is 5.40. The van der Waals surface area contributed by atoms with Gasteiger partial charge in [0.05, 0.1) is 17.1 Å². The number of benzene rings is 1. The second kappa shape index (κ2) is 5.81. The molecule has 4 rings (SSSR count). The third-order valence-electron chi connectivity index (χ3n) is 3.90. The average molecular weight is 321 g/mol. The highest BCUT2D eigenvalue weighted by molar-refractivity contribution is 5.82. The van der Waals surface area contributed by atoms with Crippen LogP contribution in [-0.4, -0.2) is 28.0 Å². The maximum atomic E-state index is 11.2. The zero-order valence-electron chi connectivity index (χ0n) is 13.1. The Morgan fingerprint density at radius 3 is 2.88 bits per heavy atom. The molecular weight excluding hydrogens is 306 g/mol. The summed E-state index contributed by atoms with van der Waals surface area (Å²) in [4.78, 5) is 23.3. The number of nitrogens with zero attached hydrogens (tertiary/aromatic N) is 2. The first-order valence-corrected chi connectivity index (χ1v) is 7.70. The number of aldehydes is 1. The fourth-order valence-electron chi connectivity index (χ4n) is 2.70. The zero-order valence-corrected chi connectivity index (χ0v) is 13.1. The van der Waals surface area contributed by atoms with Crippen LogP contribution >= 0.6 is 0 Å². The first-order valence-electron chi connectivity index (χ1n) is 7.70. The number of carbonyl (C=O) groups excluding carboxylic acids is 1. The molecule has 0 amide bonds. The van der Waals surface area contributed by atoms with Crippen LogP contribution in [0.2, 0.25) is 0 Å². The molecule has 2 aromatic heterocycles. The van der Waals surface area contributed by atoms with Gasteiger partial charge in [0.2, 0.25) is 6.79 Å². The van der Waals surface area contributed by atoms with Crippen LogP contribution in [0, 0.1) is 0 Å². The number of hydrogen-bond donors (Lipinski definition) is 1. The summed E-state index contributed by atoms with van der Waals surface area (Å²) in [6.45, 7) is 2.26. The first-order chi connectivity index (χ1) is 11.8. The van der Waals surface area contributed by atoms with Gasteiger partial charge in [-0.15, -0.1) is 0 Å². The molecular formula is C18H15N3O3. The number of nitrogens with one attached hydrogen (secondary N) is 1. The molecule has 1 aliphatic rings. The summed E-state index contributed by atoms with van der Waals surface area (Å²) in [7, 11) is 0. The van der Waals surface area contributed by atoms with E-state index in [9.17, 15) is 4.79 Å². The topological polar surface area (TPSA) is 77.1 Å². The number of aryl methyl sites for hydroxylation is 1. The number of imidazole rings is 1. The molecule has 6 nitrogen and oxygen atoms in total. The summed E-state index contributed by atoms with van der Waals surface area (Å²) in [5, 5.41) is 0. The summed E-state index contributed by atoms with van der Waals surface area (Å²) in [6.07, 6.45) is 1.53. The predicted octanol–water partition coefficient (Wildman–Crippen LogP) is 3.24. The van der Waals surface area contributed by atoms with Crippen LogP contribution in [0.3, 0.4) is 0 Å². The molecule has 0 saturated heterocycles. The van der Waals surface area contributed by atoms with Gasteiger partial charge in [-0.25, -0.2) is 4.98 Å². The standard InChI is InChI=1S/C18H15N3O3/c1-2-12-4-3-5-13(19-12)18-17(20-16(9-22)21-18)11-6-7-14-15(8-11)24-10-23-14/h3-9H,2,10H2,1H3,(H,20,21). The van der Waals surface area contributed by atoms with E-state index in [0.717, 1.165) is 23.4 Å².